The van der Waals surface area contributed by atoms with Crippen LogP contribution in [0.25, 0.3) is 11.4 Å². The van der Waals surface area contributed by atoms with Gasteiger partial charge in [-0.2, -0.15) is 22.7 Å². The molecule has 17 heteroatoms. The molecule has 0 spiro atoms. The van der Waals surface area contributed by atoms with Crippen LogP contribution in [-0.2, 0) is 33.3 Å². The van der Waals surface area contributed by atoms with Gasteiger partial charge in [-0.25, -0.2) is 0 Å². The molecular formula is C35H34ClF3N8O5. The van der Waals surface area contributed by atoms with Crippen molar-refractivity contribution in [1.82, 2.24) is 24.1 Å². The molecular weight excluding hydrogens is 705 g/mol. The number of carbonyl (C=O) groups is 3. The summed E-state index contributed by atoms with van der Waals surface area (Å²) in [6.45, 7) is 3.50. The van der Waals surface area contributed by atoms with Gasteiger partial charge in [0.25, 0.3) is 11.5 Å². The molecule has 5 heterocycles. The zero-order valence-electron chi connectivity index (χ0n) is 28.0. The third-order valence-corrected chi connectivity index (χ3v) is 9.96. The molecule has 2 aromatic carbocycles. The average molecular weight is 739 g/mol. The highest BCUT2D eigenvalue weighted by atomic mass is 35.5. The zero-order valence-corrected chi connectivity index (χ0v) is 28.8. The van der Waals surface area contributed by atoms with Gasteiger partial charge in [0, 0.05) is 54.4 Å². The maximum atomic E-state index is 14.4. The molecule has 52 heavy (non-hydrogen) atoms. The molecule has 1 unspecified atom stereocenters. The first-order valence-corrected chi connectivity index (χ1v) is 17.2. The first-order valence-electron chi connectivity index (χ1n) is 16.8. The van der Waals surface area contributed by atoms with E-state index in [1.807, 2.05) is 4.90 Å². The highest BCUT2D eigenvalue weighted by Gasteiger charge is 2.36. The summed E-state index contributed by atoms with van der Waals surface area (Å²) in [7, 11) is 0. The minimum Gasteiger partial charge on any atom is -0.377 e. The standard InChI is InChI=1S/C35H34ClF3N8O5/c1-2-26-29(44-11-13-45(14-12-44)32(50)21-3-7-25-20(17-21)4-8-27(48)41-25)33(51)47-34(42-31(43-47)19-9-15-52-16-10-19)46(26)28(30(40)49)23-6-5-22(18-24(23)36)35(37,38)39/h3,5-7,9,17-18,28H,2,4,8,10-16H2,1H3,(H2,40,49)(H,41,48). The van der Waals surface area contributed by atoms with E-state index in [4.69, 9.17) is 22.1 Å². The minimum atomic E-state index is -4.68. The number of halogens is 4. The van der Waals surface area contributed by atoms with Gasteiger partial charge in [-0.3, -0.25) is 23.7 Å². The van der Waals surface area contributed by atoms with Gasteiger partial charge >= 0.3 is 6.18 Å². The summed E-state index contributed by atoms with van der Waals surface area (Å²) in [5, 5.41) is 7.02. The van der Waals surface area contributed by atoms with Gasteiger partial charge in [0.15, 0.2) is 5.82 Å². The van der Waals surface area contributed by atoms with Gasteiger partial charge in [-0.05, 0) is 60.7 Å². The number of ether oxygens (including phenoxy) is 1. The molecule has 1 fully saturated rings. The van der Waals surface area contributed by atoms with E-state index in [0.717, 1.165) is 33.9 Å². The van der Waals surface area contributed by atoms with Gasteiger partial charge in [0.05, 0.1) is 24.5 Å². The number of benzene rings is 2. The fourth-order valence-corrected chi connectivity index (χ4v) is 7.31. The second kappa shape index (κ2) is 13.7. The Kier molecular flexibility index (Phi) is 9.29. The number of hydrogen-bond acceptors (Lipinski definition) is 8. The number of nitrogens with two attached hydrogens (primary N) is 1. The maximum Gasteiger partial charge on any atom is 0.416 e. The van der Waals surface area contributed by atoms with Crippen molar-refractivity contribution in [2.75, 3.05) is 49.6 Å². The van der Waals surface area contributed by atoms with Crippen LogP contribution in [0.5, 0.6) is 0 Å². The van der Waals surface area contributed by atoms with Crippen molar-refractivity contribution >= 4 is 52.0 Å². The summed E-state index contributed by atoms with van der Waals surface area (Å²) >= 11 is 6.44. The lowest BCUT2D eigenvalue weighted by molar-refractivity contribution is -0.137. The number of nitrogens with zero attached hydrogens (tertiary/aromatic N) is 6. The van der Waals surface area contributed by atoms with Gasteiger partial charge < -0.3 is 25.6 Å². The van der Waals surface area contributed by atoms with Crippen molar-refractivity contribution in [2.45, 2.75) is 44.8 Å². The third-order valence-electron chi connectivity index (χ3n) is 9.63. The number of alkyl halides is 3. The van der Waals surface area contributed by atoms with E-state index in [-0.39, 0.29) is 72.3 Å². The SMILES string of the molecule is CCc1c(N2CCN(C(=O)c3ccc4c(c3)CCC(=O)N4)CC2)c(=O)n2nc(C3=CCOCC3)nc2n1C(C(N)=O)c1ccc(C(F)(F)F)cc1Cl. The quantitative estimate of drug-likeness (QED) is 0.290. The van der Waals surface area contributed by atoms with E-state index in [0.29, 0.717) is 49.4 Å². The average Bonchev–Trinajstić information content (AvgIpc) is 3.58. The number of aryl methyl sites for hydroxylation is 1. The van der Waals surface area contributed by atoms with E-state index >= 15 is 0 Å². The number of primary amides is 1. The van der Waals surface area contributed by atoms with E-state index < -0.39 is 29.2 Å². The molecule has 3 N–H and O–H groups in total. The molecule has 3 aliphatic rings. The zero-order chi connectivity index (χ0) is 36.9. The summed E-state index contributed by atoms with van der Waals surface area (Å²) in [6.07, 6.45) is -1.36. The highest BCUT2D eigenvalue weighted by molar-refractivity contribution is 6.31. The molecule has 0 radical (unpaired) electrons. The summed E-state index contributed by atoms with van der Waals surface area (Å²) < 4.78 is 48.7. The number of hydrogen-bond donors (Lipinski definition) is 2. The van der Waals surface area contributed by atoms with Crippen molar-refractivity contribution < 1.29 is 32.3 Å². The minimum absolute atomic E-state index is 0.0109. The van der Waals surface area contributed by atoms with E-state index in [9.17, 15) is 32.3 Å². The number of nitrogens with one attached hydrogen (secondary N) is 1. The van der Waals surface area contributed by atoms with Crippen molar-refractivity contribution in [3.63, 3.8) is 0 Å². The molecule has 0 aliphatic carbocycles. The van der Waals surface area contributed by atoms with Crippen LogP contribution in [0.4, 0.5) is 24.5 Å². The number of anilines is 2. The number of aromatic nitrogens is 4. The smallest absolute Gasteiger partial charge is 0.377 e. The first kappa shape index (κ1) is 35.2. The third kappa shape index (κ3) is 6.40. The number of carbonyl (C=O) groups excluding carboxylic acids is 3. The molecule has 3 amide bonds. The van der Waals surface area contributed by atoms with Crippen LogP contribution in [0.1, 0.15) is 64.4 Å². The van der Waals surface area contributed by atoms with Crippen LogP contribution in [0.3, 0.4) is 0 Å². The molecule has 1 saturated heterocycles. The Labute approximate surface area is 299 Å². The molecule has 13 nitrogen and oxygen atoms in total. The number of fused-ring (bicyclic) bond motifs is 2. The lowest BCUT2D eigenvalue weighted by Crippen LogP contribution is -2.51. The topological polar surface area (TPSA) is 157 Å². The number of piperazine rings is 1. The van der Waals surface area contributed by atoms with Gasteiger partial charge in [0.1, 0.15) is 11.7 Å². The van der Waals surface area contributed by atoms with E-state index in [2.05, 4.69) is 15.4 Å². The second-order valence-corrected chi connectivity index (χ2v) is 13.2. The van der Waals surface area contributed by atoms with Crippen LogP contribution < -0.4 is 21.5 Å². The van der Waals surface area contributed by atoms with Crippen LogP contribution >= 0.6 is 11.6 Å². The Morgan fingerprint density at radius 1 is 1.06 bits per heavy atom. The highest BCUT2D eigenvalue weighted by Crippen LogP contribution is 2.37. The largest absolute Gasteiger partial charge is 0.416 e. The van der Waals surface area contributed by atoms with Crippen molar-refractivity contribution in [3.05, 3.63) is 91.6 Å². The van der Waals surface area contributed by atoms with Crippen molar-refractivity contribution in [3.8, 4) is 0 Å². The van der Waals surface area contributed by atoms with Crippen LogP contribution in [0, 0.1) is 0 Å². The van der Waals surface area contributed by atoms with Crippen LogP contribution in [0.15, 0.2) is 47.3 Å². The van der Waals surface area contributed by atoms with Crippen LogP contribution in [-0.4, -0.2) is 81.2 Å². The maximum absolute atomic E-state index is 14.4. The molecule has 4 aromatic rings. The fourth-order valence-electron chi connectivity index (χ4n) is 7.02. The lowest BCUT2D eigenvalue weighted by atomic mass is 10.00. The summed E-state index contributed by atoms with van der Waals surface area (Å²) in [5.41, 5.74) is 7.77. The Bertz CT molecular complexity index is 2210. The molecule has 7 rings (SSSR count). The van der Waals surface area contributed by atoms with Gasteiger partial charge in [-0.15, -0.1) is 5.10 Å². The molecule has 0 saturated carbocycles. The number of rotatable bonds is 7. The van der Waals surface area contributed by atoms with E-state index in [1.165, 1.54) is 4.57 Å². The lowest BCUT2D eigenvalue weighted by Gasteiger charge is -2.37. The Hall–Kier alpha value is -5.22. The molecule has 1 atom stereocenters. The second-order valence-electron chi connectivity index (χ2n) is 12.8. The van der Waals surface area contributed by atoms with Crippen LogP contribution in [0.2, 0.25) is 5.02 Å². The molecule has 0 bridgehead atoms. The summed E-state index contributed by atoms with van der Waals surface area (Å²) in [5.74, 6) is -1.01. The normalized spacial score (nSPS) is 17.1. The Morgan fingerprint density at radius 2 is 1.83 bits per heavy atom. The summed E-state index contributed by atoms with van der Waals surface area (Å²) in [6, 6.07) is 6.37. The molecule has 3 aliphatic heterocycles. The molecule has 2 aromatic heterocycles. The Balaban J connectivity index is 1.30. The first-order chi connectivity index (χ1) is 24.8. The predicted octanol–water partition coefficient (Wildman–Crippen LogP) is 3.85. The monoisotopic (exact) mass is 738 g/mol. The van der Waals surface area contributed by atoms with Crippen molar-refractivity contribution in [1.29, 1.82) is 0 Å². The Morgan fingerprint density at radius 3 is 2.48 bits per heavy atom. The predicted molar refractivity (Wildman–Crippen MR) is 185 cm³/mol. The fraction of sp³-hybridized carbons (Fsp3) is 0.371. The van der Waals surface area contributed by atoms with Crippen molar-refractivity contribution in [2.24, 2.45) is 5.73 Å². The number of amides is 3. The van der Waals surface area contributed by atoms with Gasteiger partial charge in [-0.1, -0.05) is 30.7 Å². The van der Waals surface area contributed by atoms with Gasteiger partial charge in [0.2, 0.25) is 17.6 Å². The van der Waals surface area contributed by atoms with E-state index in [1.54, 1.807) is 36.1 Å². The molecule has 272 valence electrons. The summed E-state index contributed by atoms with van der Waals surface area (Å²) in [4.78, 5) is 61.3.